The molecule has 0 aliphatic heterocycles. The number of hydrazine groups is 1. The van der Waals surface area contributed by atoms with E-state index in [4.69, 9.17) is 10.8 Å². The number of hydrogen-bond donors (Lipinski definition) is 4. The van der Waals surface area contributed by atoms with E-state index in [2.05, 4.69) is 38.9 Å². The molecule has 29 heavy (non-hydrogen) atoms. The van der Waals surface area contributed by atoms with Gasteiger partial charge in [-0.1, -0.05) is 19.1 Å². The van der Waals surface area contributed by atoms with Crippen molar-refractivity contribution in [1.82, 2.24) is 24.6 Å². The second-order valence-corrected chi connectivity index (χ2v) is 6.80. The minimum absolute atomic E-state index is 0.688. The van der Waals surface area contributed by atoms with Gasteiger partial charge in [0.25, 0.3) is 0 Å². The third-order valence-electron chi connectivity index (χ3n) is 5.02. The van der Waals surface area contributed by atoms with Gasteiger partial charge in [0, 0.05) is 35.2 Å². The highest BCUT2D eigenvalue weighted by atomic mass is 15.2. The number of H-pyrrole nitrogens is 1. The van der Waals surface area contributed by atoms with Crippen LogP contribution in [-0.4, -0.2) is 24.6 Å². The van der Waals surface area contributed by atoms with Crippen molar-refractivity contribution >= 4 is 33.7 Å². The fourth-order valence-electron chi connectivity index (χ4n) is 3.49. The summed E-state index contributed by atoms with van der Waals surface area (Å²) < 4.78 is 1.97. The van der Waals surface area contributed by atoms with E-state index < -0.39 is 0 Å². The van der Waals surface area contributed by atoms with Gasteiger partial charge in [0.15, 0.2) is 11.5 Å². The number of benzene rings is 2. The van der Waals surface area contributed by atoms with Crippen molar-refractivity contribution < 1.29 is 0 Å². The summed E-state index contributed by atoms with van der Waals surface area (Å²) >= 11 is 0. The maximum Gasteiger partial charge on any atom is 0.180 e. The van der Waals surface area contributed by atoms with Gasteiger partial charge in [-0.2, -0.15) is 5.10 Å². The Morgan fingerprint density at radius 2 is 2.10 bits per heavy atom. The van der Waals surface area contributed by atoms with Crippen LogP contribution in [0.4, 0.5) is 17.2 Å². The molecular formula is C21H20N8. The van der Waals surface area contributed by atoms with E-state index in [9.17, 15) is 0 Å². The van der Waals surface area contributed by atoms with Crippen molar-refractivity contribution in [3.05, 3.63) is 66.7 Å². The molecule has 5 aromatic rings. The Kier molecular flexibility index (Phi) is 4.10. The number of nitrogens with one attached hydrogen (secondary N) is 3. The number of nitrogens with two attached hydrogens (primary N) is 1. The molecule has 0 fully saturated rings. The number of nitrogens with zero attached hydrogens (tertiary/aromatic N) is 4. The topological polar surface area (TPSA) is 109 Å². The molecule has 8 nitrogen and oxygen atoms in total. The molecular weight excluding hydrogens is 364 g/mol. The van der Waals surface area contributed by atoms with E-state index in [-0.39, 0.29) is 0 Å². The first kappa shape index (κ1) is 17.2. The molecule has 8 heteroatoms. The third-order valence-corrected chi connectivity index (χ3v) is 5.02. The Morgan fingerprint density at radius 3 is 2.97 bits per heavy atom. The smallest absolute Gasteiger partial charge is 0.180 e. The van der Waals surface area contributed by atoms with Crippen LogP contribution in [-0.2, 0) is 6.42 Å². The number of fused-ring (bicyclic) bond motifs is 2. The highest BCUT2D eigenvalue weighted by Crippen LogP contribution is 2.28. The summed E-state index contributed by atoms with van der Waals surface area (Å²) in [6.07, 6.45) is 8.33. The van der Waals surface area contributed by atoms with Gasteiger partial charge in [0.2, 0.25) is 0 Å². The predicted octanol–water partition coefficient (Wildman–Crippen LogP) is 3.86. The molecule has 0 radical (unpaired) electrons. The number of anilines is 3. The summed E-state index contributed by atoms with van der Waals surface area (Å²) in [5, 5.41) is 11.6. The molecule has 5 rings (SSSR count). The molecule has 0 aliphatic carbocycles. The predicted molar refractivity (Wildman–Crippen MR) is 115 cm³/mol. The summed E-state index contributed by atoms with van der Waals surface area (Å²) in [5.74, 6) is 6.29. The Bertz CT molecular complexity index is 1320. The highest BCUT2D eigenvalue weighted by Gasteiger charge is 2.11. The zero-order valence-electron chi connectivity index (χ0n) is 15.8. The minimum atomic E-state index is 0.688. The molecule has 0 spiro atoms. The van der Waals surface area contributed by atoms with Gasteiger partial charge < -0.3 is 15.1 Å². The number of nitrogen functional groups attached to an aromatic ring is 1. The molecule has 0 saturated carbocycles. The Hall–Kier alpha value is -3.91. The van der Waals surface area contributed by atoms with Crippen molar-refractivity contribution in [2.75, 3.05) is 10.7 Å². The van der Waals surface area contributed by atoms with Crippen molar-refractivity contribution in [3.8, 4) is 11.3 Å². The number of aromatic amines is 1. The fourth-order valence-corrected chi connectivity index (χ4v) is 3.49. The maximum absolute atomic E-state index is 5.60. The second-order valence-electron chi connectivity index (χ2n) is 6.80. The van der Waals surface area contributed by atoms with Gasteiger partial charge in [0.05, 0.1) is 23.1 Å². The van der Waals surface area contributed by atoms with Crippen LogP contribution in [0, 0.1) is 0 Å². The van der Waals surface area contributed by atoms with Crippen molar-refractivity contribution in [2.45, 2.75) is 13.3 Å². The number of rotatable bonds is 5. The Morgan fingerprint density at radius 1 is 1.17 bits per heavy atom. The number of aromatic nitrogens is 5. The molecule has 2 aromatic carbocycles. The summed E-state index contributed by atoms with van der Waals surface area (Å²) in [6, 6.07) is 12.1. The van der Waals surface area contributed by atoms with Crippen LogP contribution in [0.1, 0.15) is 12.5 Å². The quantitative estimate of drug-likeness (QED) is 0.271. The van der Waals surface area contributed by atoms with Gasteiger partial charge >= 0.3 is 0 Å². The van der Waals surface area contributed by atoms with E-state index in [1.165, 1.54) is 0 Å². The monoisotopic (exact) mass is 384 g/mol. The van der Waals surface area contributed by atoms with E-state index in [0.29, 0.717) is 5.82 Å². The van der Waals surface area contributed by atoms with E-state index in [1.807, 2.05) is 53.3 Å². The standard InChI is InChI=1S/C21H20N8/c1-2-13-9-16(5-6-17(13)27-22)25-20-21-23-7-8-29(21)12-19(26-20)14-3-4-15-11-24-28-18(15)10-14/h3-12,27H,2,22H2,1H3,(H,24,28)(H,25,26). The first-order valence-corrected chi connectivity index (χ1v) is 9.39. The largest absolute Gasteiger partial charge is 0.337 e. The lowest BCUT2D eigenvalue weighted by molar-refractivity contribution is 1.12. The van der Waals surface area contributed by atoms with Crippen LogP contribution in [0.15, 0.2) is 61.2 Å². The summed E-state index contributed by atoms with van der Waals surface area (Å²) in [7, 11) is 0. The second kappa shape index (κ2) is 6.92. The van der Waals surface area contributed by atoms with Crippen molar-refractivity contribution in [1.29, 1.82) is 0 Å². The molecule has 3 aromatic heterocycles. The highest BCUT2D eigenvalue weighted by molar-refractivity contribution is 5.84. The van der Waals surface area contributed by atoms with E-state index in [1.54, 1.807) is 6.20 Å². The van der Waals surface area contributed by atoms with Gasteiger partial charge in [-0.15, -0.1) is 0 Å². The van der Waals surface area contributed by atoms with Gasteiger partial charge in [-0.05, 0) is 36.2 Å². The zero-order chi connectivity index (χ0) is 19.8. The lowest BCUT2D eigenvalue weighted by Crippen LogP contribution is -2.09. The van der Waals surface area contributed by atoms with Crippen molar-refractivity contribution in [2.24, 2.45) is 5.84 Å². The average Bonchev–Trinajstić information content (AvgIpc) is 3.42. The normalized spacial score (nSPS) is 11.2. The average molecular weight is 384 g/mol. The molecule has 0 amide bonds. The minimum Gasteiger partial charge on any atom is -0.337 e. The maximum atomic E-state index is 5.60. The van der Waals surface area contributed by atoms with Crippen LogP contribution in [0.2, 0.25) is 0 Å². The Balaban J connectivity index is 1.59. The van der Waals surface area contributed by atoms with E-state index >= 15 is 0 Å². The lowest BCUT2D eigenvalue weighted by atomic mass is 10.1. The summed E-state index contributed by atoms with van der Waals surface area (Å²) in [5.41, 5.74) is 9.28. The molecule has 3 heterocycles. The Labute approximate surface area is 166 Å². The number of imidazole rings is 1. The lowest BCUT2D eigenvalue weighted by Gasteiger charge is -2.13. The fraction of sp³-hybridized carbons (Fsp3) is 0.0952. The van der Waals surface area contributed by atoms with Gasteiger partial charge in [-0.3, -0.25) is 10.9 Å². The molecule has 0 saturated heterocycles. The first-order chi connectivity index (χ1) is 14.2. The molecule has 0 atom stereocenters. The van der Waals surface area contributed by atoms with Gasteiger partial charge in [0.1, 0.15) is 0 Å². The number of hydrogen-bond acceptors (Lipinski definition) is 6. The molecule has 144 valence electrons. The van der Waals surface area contributed by atoms with Crippen LogP contribution in [0.25, 0.3) is 27.8 Å². The van der Waals surface area contributed by atoms with Gasteiger partial charge in [-0.25, -0.2) is 9.97 Å². The van der Waals surface area contributed by atoms with Crippen LogP contribution in [0.3, 0.4) is 0 Å². The molecule has 0 aliphatic rings. The van der Waals surface area contributed by atoms with E-state index in [0.717, 1.165) is 51.2 Å². The van der Waals surface area contributed by atoms with Crippen LogP contribution >= 0.6 is 0 Å². The molecule has 0 bridgehead atoms. The first-order valence-electron chi connectivity index (χ1n) is 9.39. The van der Waals surface area contributed by atoms with Crippen molar-refractivity contribution in [3.63, 3.8) is 0 Å². The zero-order valence-corrected chi connectivity index (χ0v) is 15.8. The molecule has 5 N–H and O–H groups in total. The van der Waals surface area contributed by atoms with Crippen LogP contribution in [0.5, 0.6) is 0 Å². The molecule has 0 unspecified atom stereocenters. The number of aryl methyl sites for hydroxylation is 1. The third kappa shape index (κ3) is 3.05. The SMILES string of the molecule is CCc1cc(Nc2nc(-c3ccc4cn[nH]c4c3)cn3ccnc23)ccc1NN. The summed E-state index contributed by atoms with van der Waals surface area (Å²) in [4.78, 5) is 9.32. The van der Waals surface area contributed by atoms with Crippen LogP contribution < -0.4 is 16.6 Å². The summed E-state index contributed by atoms with van der Waals surface area (Å²) in [6.45, 7) is 2.09.